The van der Waals surface area contributed by atoms with E-state index in [9.17, 15) is 4.79 Å². The van der Waals surface area contributed by atoms with Crippen LogP contribution in [0, 0.1) is 20.8 Å². The van der Waals surface area contributed by atoms with Crippen LogP contribution in [0.15, 0.2) is 10.6 Å². The van der Waals surface area contributed by atoms with Crippen molar-refractivity contribution in [3.8, 4) is 0 Å². The smallest absolute Gasteiger partial charge is 0.223 e. The normalized spacial score (nSPS) is 17.9. The zero-order valence-electron chi connectivity index (χ0n) is 14.3. The van der Waals surface area contributed by atoms with Gasteiger partial charge in [-0.25, -0.2) is 0 Å². The van der Waals surface area contributed by atoms with Crippen LogP contribution in [0.1, 0.15) is 53.7 Å². The molecule has 3 heterocycles. The van der Waals surface area contributed by atoms with Crippen molar-refractivity contribution >= 4 is 5.91 Å². The van der Waals surface area contributed by atoms with Gasteiger partial charge in [-0.3, -0.25) is 9.48 Å². The highest BCUT2D eigenvalue weighted by Gasteiger charge is 2.31. The lowest BCUT2D eigenvalue weighted by Gasteiger charge is -2.23. The Morgan fingerprint density at radius 3 is 2.78 bits per heavy atom. The number of carbonyl (C=O) groups excluding carboxylic acids is 1. The molecule has 3 rings (SSSR count). The monoisotopic (exact) mass is 316 g/mol. The minimum Gasteiger partial charge on any atom is -0.361 e. The molecule has 1 aliphatic heterocycles. The number of aryl methyl sites for hydroxylation is 3. The van der Waals surface area contributed by atoms with Crippen LogP contribution in [0.25, 0.3) is 0 Å². The van der Waals surface area contributed by atoms with E-state index in [1.807, 2.05) is 36.5 Å². The Morgan fingerprint density at radius 2 is 2.17 bits per heavy atom. The van der Waals surface area contributed by atoms with Crippen molar-refractivity contribution in [2.24, 2.45) is 7.05 Å². The second-order valence-corrected chi connectivity index (χ2v) is 6.38. The molecule has 124 valence electrons. The number of likely N-dealkylation sites (tertiary alicyclic amines) is 1. The van der Waals surface area contributed by atoms with Gasteiger partial charge in [0.2, 0.25) is 5.91 Å². The molecule has 23 heavy (non-hydrogen) atoms. The van der Waals surface area contributed by atoms with Gasteiger partial charge in [0.1, 0.15) is 11.5 Å². The summed E-state index contributed by atoms with van der Waals surface area (Å²) in [5.41, 5.74) is 4.22. The van der Waals surface area contributed by atoms with E-state index in [0.717, 1.165) is 48.6 Å². The third kappa shape index (κ3) is 3.02. The topological polar surface area (TPSA) is 64.2 Å². The van der Waals surface area contributed by atoms with Crippen molar-refractivity contribution in [1.82, 2.24) is 19.8 Å². The third-order valence-corrected chi connectivity index (χ3v) is 4.81. The molecular formula is C17H24N4O2. The predicted molar refractivity (Wildman–Crippen MR) is 85.9 cm³/mol. The lowest BCUT2D eigenvalue weighted by molar-refractivity contribution is -0.132. The fourth-order valence-electron chi connectivity index (χ4n) is 3.47. The van der Waals surface area contributed by atoms with Crippen LogP contribution < -0.4 is 0 Å². The third-order valence-electron chi connectivity index (χ3n) is 4.81. The molecule has 0 bridgehead atoms. The van der Waals surface area contributed by atoms with Crippen molar-refractivity contribution < 1.29 is 9.32 Å². The summed E-state index contributed by atoms with van der Waals surface area (Å²) in [6.07, 6.45) is 3.24. The molecule has 1 aliphatic rings. The highest BCUT2D eigenvalue weighted by Crippen LogP contribution is 2.32. The Balaban J connectivity index is 1.68. The molecule has 2 aromatic heterocycles. The number of aromatic nitrogens is 3. The summed E-state index contributed by atoms with van der Waals surface area (Å²) in [4.78, 5) is 14.6. The summed E-state index contributed by atoms with van der Waals surface area (Å²) in [6, 6.07) is 2.00. The molecular weight excluding hydrogens is 292 g/mol. The number of hydrogen-bond donors (Lipinski definition) is 0. The molecule has 0 radical (unpaired) electrons. The number of hydrogen-bond acceptors (Lipinski definition) is 4. The van der Waals surface area contributed by atoms with Gasteiger partial charge >= 0.3 is 0 Å². The fourth-order valence-corrected chi connectivity index (χ4v) is 3.47. The van der Waals surface area contributed by atoms with Crippen LogP contribution in [-0.4, -0.2) is 32.3 Å². The average Bonchev–Trinajstić information content (AvgIpc) is 3.19. The van der Waals surface area contributed by atoms with Crippen LogP contribution in [0.3, 0.4) is 0 Å². The second-order valence-electron chi connectivity index (χ2n) is 6.38. The Morgan fingerprint density at radius 1 is 1.39 bits per heavy atom. The van der Waals surface area contributed by atoms with Gasteiger partial charge in [-0.05, 0) is 45.6 Å². The van der Waals surface area contributed by atoms with Gasteiger partial charge in [0.15, 0.2) is 0 Å². The first kappa shape index (κ1) is 15.8. The SMILES string of the molecule is Cc1cc([C@@H]2CCCN2C(=O)CCc2c(C)nn(C)c2C)no1. The van der Waals surface area contributed by atoms with Crippen LogP contribution in [0.2, 0.25) is 0 Å². The van der Waals surface area contributed by atoms with Crippen molar-refractivity contribution in [2.45, 2.75) is 52.5 Å². The first-order valence-electron chi connectivity index (χ1n) is 8.19. The molecule has 2 aromatic rings. The molecule has 1 saturated heterocycles. The molecule has 6 nitrogen and oxygen atoms in total. The maximum absolute atomic E-state index is 12.7. The molecule has 0 aliphatic carbocycles. The summed E-state index contributed by atoms with van der Waals surface area (Å²) in [6.45, 7) is 6.74. The maximum atomic E-state index is 12.7. The lowest BCUT2D eigenvalue weighted by atomic mass is 10.1. The number of nitrogens with zero attached hydrogens (tertiary/aromatic N) is 4. The van der Waals surface area contributed by atoms with Gasteiger partial charge in [0.05, 0.1) is 11.7 Å². The molecule has 1 amide bonds. The summed E-state index contributed by atoms with van der Waals surface area (Å²) in [5.74, 6) is 0.983. The van der Waals surface area contributed by atoms with Crippen LogP contribution >= 0.6 is 0 Å². The van der Waals surface area contributed by atoms with E-state index in [0.29, 0.717) is 6.42 Å². The standard InChI is InChI=1S/C17H24N4O2/c1-11-10-15(19-23-11)16-6-5-9-21(16)17(22)8-7-14-12(2)18-20(4)13(14)3/h10,16H,5-9H2,1-4H3/t16-/m0/s1. The quantitative estimate of drug-likeness (QED) is 0.870. The Bertz CT molecular complexity index is 716. The zero-order chi connectivity index (χ0) is 16.6. The summed E-state index contributed by atoms with van der Waals surface area (Å²) >= 11 is 0. The summed E-state index contributed by atoms with van der Waals surface area (Å²) in [5, 5.41) is 8.52. The van der Waals surface area contributed by atoms with Crippen molar-refractivity contribution in [3.05, 3.63) is 34.5 Å². The van der Waals surface area contributed by atoms with Gasteiger partial charge in [-0.1, -0.05) is 5.16 Å². The van der Waals surface area contributed by atoms with Crippen LogP contribution in [0.5, 0.6) is 0 Å². The first-order chi connectivity index (χ1) is 11.0. The van der Waals surface area contributed by atoms with Gasteiger partial charge in [0, 0.05) is 31.8 Å². The van der Waals surface area contributed by atoms with Crippen molar-refractivity contribution in [1.29, 1.82) is 0 Å². The van der Waals surface area contributed by atoms with Crippen molar-refractivity contribution in [3.63, 3.8) is 0 Å². The molecule has 0 saturated carbocycles. The molecule has 0 spiro atoms. The Labute approximate surface area is 136 Å². The lowest BCUT2D eigenvalue weighted by Crippen LogP contribution is -2.30. The zero-order valence-corrected chi connectivity index (χ0v) is 14.3. The molecule has 0 N–H and O–H groups in total. The molecule has 6 heteroatoms. The van der Waals surface area contributed by atoms with E-state index in [1.165, 1.54) is 5.56 Å². The van der Waals surface area contributed by atoms with E-state index >= 15 is 0 Å². The largest absolute Gasteiger partial charge is 0.361 e. The maximum Gasteiger partial charge on any atom is 0.223 e. The highest BCUT2D eigenvalue weighted by molar-refractivity contribution is 5.77. The number of rotatable bonds is 4. The predicted octanol–water partition coefficient (Wildman–Crippen LogP) is 2.63. The van der Waals surface area contributed by atoms with E-state index in [4.69, 9.17) is 4.52 Å². The van der Waals surface area contributed by atoms with Gasteiger partial charge in [-0.2, -0.15) is 5.10 Å². The highest BCUT2D eigenvalue weighted by atomic mass is 16.5. The minimum atomic E-state index is 0.0658. The summed E-state index contributed by atoms with van der Waals surface area (Å²) in [7, 11) is 1.94. The Kier molecular flexibility index (Phi) is 4.24. The van der Waals surface area contributed by atoms with Gasteiger partial charge in [-0.15, -0.1) is 0 Å². The molecule has 0 aromatic carbocycles. The van der Waals surface area contributed by atoms with Crippen LogP contribution in [0.4, 0.5) is 0 Å². The number of carbonyl (C=O) groups is 1. The minimum absolute atomic E-state index is 0.0658. The molecule has 1 atom stereocenters. The fraction of sp³-hybridized carbons (Fsp3) is 0.588. The molecule has 0 unspecified atom stereocenters. The first-order valence-corrected chi connectivity index (χ1v) is 8.19. The van der Waals surface area contributed by atoms with E-state index in [1.54, 1.807) is 0 Å². The number of amides is 1. The second kappa shape index (κ2) is 6.18. The van der Waals surface area contributed by atoms with Crippen LogP contribution in [-0.2, 0) is 18.3 Å². The van der Waals surface area contributed by atoms with Crippen molar-refractivity contribution in [2.75, 3.05) is 6.54 Å². The Hall–Kier alpha value is -2.11. The van der Waals surface area contributed by atoms with E-state index in [-0.39, 0.29) is 11.9 Å². The summed E-state index contributed by atoms with van der Waals surface area (Å²) < 4.78 is 7.05. The van der Waals surface area contributed by atoms with E-state index in [2.05, 4.69) is 17.2 Å². The van der Waals surface area contributed by atoms with Gasteiger partial charge in [0.25, 0.3) is 0 Å². The molecule has 1 fully saturated rings. The van der Waals surface area contributed by atoms with E-state index < -0.39 is 0 Å². The average molecular weight is 316 g/mol. The van der Waals surface area contributed by atoms with Gasteiger partial charge < -0.3 is 9.42 Å².